The van der Waals surface area contributed by atoms with E-state index in [-0.39, 0.29) is 24.5 Å². The number of likely N-dealkylation sites (tertiary alicyclic amines) is 1. The monoisotopic (exact) mass is 375 g/mol. The van der Waals surface area contributed by atoms with Crippen LogP contribution in [0.15, 0.2) is 36.7 Å². The number of amides is 2. The minimum Gasteiger partial charge on any atom is -0.395 e. The average molecular weight is 375 g/mol. The molecule has 1 aliphatic rings. The molecule has 1 aliphatic heterocycles. The van der Waals surface area contributed by atoms with Crippen LogP contribution in [-0.4, -0.2) is 58.1 Å². The van der Waals surface area contributed by atoms with E-state index in [0.29, 0.717) is 30.9 Å². The number of carbonyl (C=O) groups excluding carboxylic acids is 1. The predicted molar refractivity (Wildman–Crippen MR) is 101 cm³/mol. The molecule has 3 N–H and O–H groups in total. The number of aromatic nitrogens is 2. The second kappa shape index (κ2) is 9.48. The molecule has 27 heavy (non-hydrogen) atoms. The number of carbonyl (C=O) groups is 1. The van der Waals surface area contributed by atoms with Gasteiger partial charge in [-0.15, -0.1) is 0 Å². The summed E-state index contributed by atoms with van der Waals surface area (Å²) < 4.78 is 15.3. The number of hydrogen-bond acceptors (Lipinski definition) is 4. The van der Waals surface area contributed by atoms with E-state index in [2.05, 4.69) is 20.6 Å². The van der Waals surface area contributed by atoms with Crippen molar-refractivity contribution in [3.63, 3.8) is 0 Å². The smallest absolute Gasteiger partial charge is 0.319 e. The standard InChI is InChI=1S/C19H26FN5O2/c20-18-7-2-1-5-15(18)12-25-13-16(11-22-25)23-19(27)21-8-10-24-9-4-3-6-17(24)14-26/h1-2,5,7,11,13,17,26H,3-4,6,8-10,12,14H2,(H2,21,23,27). The number of aliphatic hydroxyl groups excluding tert-OH is 1. The van der Waals surface area contributed by atoms with Crippen LogP contribution in [0.1, 0.15) is 24.8 Å². The SMILES string of the molecule is O=C(NCCN1CCCCC1CO)Nc1cnn(Cc2ccccc2F)c1. The van der Waals surface area contributed by atoms with Crippen molar-refractivity contribution >= 4 is 11.7 Å². The molecule has 1 unspecified atom stereocenters. The second-order valence-electron chi connectivity index (χ2n) is 6.77. The Kier molecular flexibility index (Phi) is 6.78. The molecule has 3 rings (SSSR count). The second-order valence-corrected chi connectivity index (χ2v) is 6.77. The largest absolute Gasteiger partial charge is 0.395 e. The summed E-state index contributed by atoms with van der Waals surface area (Å²) >= 11 is 0. The van der Waals surface area contributed by atoms with Gasteiger partial charge in [-0.3, -0.25) is 9.58 Å². The summed E-state index contributed by atoms with van der Waals surface area (Å²) in [5.41, 5.74) is 1.09. The highest BCUT2D eigenvalue weighted by atomic mass is 19.1. The molecule has 1 fully saturated rings. The van der Waals surface area contributed by atoms with Gasteiger partial charge in [-0.25, -0.2) is 9.18 Å². The number of halogens is 1. The van der Waals surface area contributed by atoms with Gasteiger partial charge in [0.15, 0.2) is 0 Å². The normalized spacial score (nSPS) is 17.6. The molecule has 0 radical (unpaired) electrons. The van der Waals surface area contributed by atoms with Crippen LogP contribution >= 0.6 is 0 Å². The third-order valence-electron chi connectivity index (χ3n) is 4.83. The van der Waals surface area contributed by atoms with Crippen molar-refractivity contribution in [2.45, 2.75) is 31.8 Å². The highest BCUT2D eigenvalue weighted by Crippen LogP contribution is 2.15. The number of hydrogen-bond donors (Lipinski definition) is 3. The van der Waals surface area contributed by atoms with Crippen LogP contribution in [0, 0.1) is 5.82 Å². The van der Waals surface area contributed by atoms with Crippen LogP contribution in [0.25, 0.3) is 0 Å². The van der Waals surface area contributed by atoms with Gasteiger partial charge in [-0.2, -0.15) is 5.10 Å². The van der Waals surface area contributed by atoms with E-state index in [4.69, 9.17) is 0 Å². The lowest BCUT2D eigenvalue weighted by molar-refractivity contribution is 0.0917. The van der Waals surface area contributed by atoms with Crippen LogP contribution in [0.3, 0.4) is 0 Å². The number of aliphatic hydroxyl groups is 1. The first-order valence-electron chi connectivity index (χ1n) is 9.31. The molecule has 1 atom stereocenters. The molecule has 0 saturated carbocycles. The molecule has 8 heteroatoms. The van der Waals surface area contributed by atoms with Crippen molar-refractivity contribution in [3.8, 4) is 0 Å². The van der Waals surface area contributed by atoms with Gasteiger partial charge in [0.25, 0.3) is 0 Å². The van der Waals surface area contributed by atoms with Gasteiger partial charge < -0.3 is 15.7 Å². The summed E-state index contributed by atoms with van der Waals surface area (Å²) in [6, 6.07) is 6.43. The van der Waals surface area contributed by atoms with Gasteiger partial charge in [0.2, 0.25) is 0 Å². The number of rotatable bonds is 7. The molecule has 1 aromatic heterocycles. The predicted octanol–water partition coefficient (Wildman–Crippen LogP) is 2.04. The Morgan fingerprint density at radius 2 is 2.19 bits per heavy atom. The topological polar surface area (TPSA) is 82.4 Å². The van der Waals surface area contributed by atoms with E-state index < -0.39 is 0 Å². The molecule has 2 amide bonds. The Bertz CT molecular complexity index is 751. The van der Waals surface area contributed by atoms with Crippen molar-refractivity contribution in [2.75, 3.05) is 31.6 Å². The molecule has 0 spiro atoms. The Labute approximate surface area is 158 Å². The Hall–Kier alpha value is -2.45. The van der Waals surface area contributed by atoms with Gasteiger partial charge in [0.1, 0.15) is 5.82 Å². The van der Waals surface area contributed by atoms with Gasteiger partial charge in [-0.1, -0.05) is 24.6 Å². The molecule has 1 aromatic carbocycles. The van der Waals surface area contributed by atoms with Crippen LogP contribution < -0.4 is 10.6 Å². The zero-order valence-corrected chi connectivity index (χ0v) is 15.3. The fraction of sp³-hybridized carbons (Fsp3) is 0.474. The minimum atomic E-state index is -0.307. The maximum atomic E-state index is 13.7. The Morgan fingerprint density at radius 3 is 3.00 bits per heavy atom. The van der Waals surface area contributed by atoms with Crippen molar-refractivity contribution in [1.29, 1.82) is 0 Å². The Morgan fingerprint density at radius 1 is 1.33 bits per heavy atom. The summed E-state index contributed by atoms with van der Waals surface area (Å²) in [7, 11) is 0. The number of piperidine rings is 1. The highest BCUT2D eigenvalue weighted by Gasteiger charge is 2.21. The lowest BCUT2D eigenvalue weighted by atomic mass is 10.0. The molecule has 1 saturated heterocycles. The number of nitrogens with zero attached hydrogens (tertiary/aromatic N) is 3. The van der Waals surface area contributed by atoms with E-state index in [1.807, 2.05) is 0 Å². The molecule has 146 valence electrons. The molecule has 0 aliphatic carbocycles. The summed E-state index contributed by atoms with van der Waals surface area (Å²) in [5, 5.41) is 19.1. The van der Waals surface area contributed by atoms with Gasteiger partial charge in [-0.05, 0) is 25.5 Å². The zero-order chi connectivity index (χ0) is 19.1. The fourth-order valence-electron chi connectivity index (χ4n) is 3.37. The van der Waals surface area contributed by atoms with Crippen LogP contribution in [0.5, 0.6) is 0 Å². The van der Waals surface area contributed by atoms with Crippen molar-refractivity contribution in [3.05, 3.63) is 48.0 Å². The van der Waals surface area contributed by atoms with Crippen molar-refractivity contribution in [1.82, 2.24) is 20.0 Å². The number of anilines is 1. The third kappa shape index (κ3) is 5.51. The average Bonchev–Trinajstić information content (AvgIpc) is 3.11. The molecule has 0 bridgehead atoms. The molecule has 7 nitrogen and oxygen atoms in total. The molecule has 2 aromatic rings. The highest BCUT2D eigenvalue weighted by molar-refractivity contribution is 5.88. The summed E-state index contributed by atoms with van der Waals surface area (Å²) in [4.78, 5) is 14.3. The quantitative estimate of drug-likeness (QED) is 0.692. The lowest BCUT2D eigenvalue weighted by Crippen LogP contribution is -2.46. The number of benzene rings is 1. The van der Waals surface area contributed by atoms with Gasteiger partial charge in [0, 0.05) is 30.9 Å². The van der Waals surface area contributed by atoms with E-state index in [9.17, 15) is 14.3 Å². The number of urea groups is 1. The van der Waals surface area contributed by atoms with Crippen LogP contribution in [-0.2, 0) is 6.54 Å². The lowest BCUT2D eigenvalue weighted by Gasteiger charge is -2.34. The summed E-state index contributed by atoms with van der Waals surface area (Å²) in [6.07, 6.45) is 6.48. The summed E-state index contributed by atoms with van der Waals surface area (Å²) in [6.45, 7) is 2.63. The molecular formula is C19H26FN5O2. The van der Waals surface area contributed by atoms with Crippen molar-refractivity contribution < 1.29 is 14.3 Å². The van der Waals surface area contributed by atoms with E-state index in [1.54, 1.807) is 29.1 Å². The van der Waals surface area contributed by atoms with Crippen molar-refractivity contribution in [2.24, 2.45) is 0 Å². The Balaban J connectivity index is 1.43. The van der Waals surface area contributed by atoms with Crippen LogP contribution in [0.2, 0.25) is 0 Å². The number of nitrogens with one attached hydrogen (secondary N) is 2. The van der Waals surface area contributed by atoms with Gasteiger partial charge in [0.05, 0.1) is 25.0 Å². The maximum absolute atomic E-state index is 13.7. The third-order valence-corrected chi connectivity index (χ3v) is 4.83. The van der Waals surface area contributed by atoms with Crippen LogP contribution in [0.4, 0.5) is 14.9 Å². The van der Waals surface area contributed by atoms with E-state index >= 15 is 0 Å². The first-order chi connectivity index (χ1) is 13.2. The first kappa shape index (κ1) is 19.3. The van der Waals surface area contributed by atoms with Gasteiger partial charge >= 0.3 is 6.03 Å². The van der Waals surface area contributed by atoms with E-state index in [0.717, 1.165) is 25.8 Å². The first-order valence-corrected chi connectivity index (χ1v) is 9.31. The molecule has 2 heterocycles. The zero-order valence-electron chi connectivity index (χ0n) is 15.3. The molecular weight excluding hydrogens is 349 g/mol. The maximum Gasteiger partial charge on any atom is 0.319 e. The minimum absolute atomic E-state index is 0.160. The van der Waals surface area contributed by atoms with E-state index in [1.165, 1.54) is 12.3 Å². The summed E-state index contributed by atoms with van der Waals surface area (Å²) in [5.74, 6) is -0.279. The fourth-order valence-corrected chi connectivity index (χ4v) is 3.37.